The molecule has 1 heterocycles. The van der Waals surface area contributed by atoms with Gasteiger partial charge in [-0.25, -0.2) is 0 Å². The largest absolute Gasteiger partial charge is 0.465 e. The number of rotatable bonds is 5. The van der Waals surface area contributed by atoms with Crippen molar-refractivity contribution in [2.45, 2.75) is 19.8 Å². The van der Waals surface area contributed by atoms with Crippen molar-refractivity contribution in [2.24, 2.45) is 7.05 Å². The second-order valence-corrected chi connectivity index (χ2v) is 3.38. The molecule has 0 spiro atoms. The highest BCUT2D eigenvalue weighted by atomic mass is 16.6. The molecule has 0 bridgehead atoms. The first-order chi connectivity index (χ1) is 8.10. The molecule has 0 atom stereocenters. The van der Waals surface area contributed by atoms with Gasteiger partial charge in [0.1, 0.15) is 0 Å². The van der Waals surface area contributed by atoms with E-state index in [9.17, 15) is 9.59 Å². The van der Waals surface area contributed by atoms with Crippen LogP contribution in [0.15, 0.2) is 12.4 Å². The molecule has 17 heavy (non-hydrogen) atoms. The lowest BCUT2D eigenvalue weighted by Gasteiger charge is -2.12. The van der Waals surface area contributed by atoms with Gasteiger partial charge in [-0.15, -0.1) is 0 Å². The van der Waals surface area contributed by atoms with E-state index in [1.54, 1.807) is 27.1 Å². The number of nitrogens with zero attached hydrogens (tertiary/aromatic N) is 2. The fourth-order valence-electron chi connectivity index (χ4n) is 1.41. The predicted octanol–water partition coefficient (Wildman–Crippen LogP) is 0.630. The van der Waals surface area contributed by atoms with Crippen molar-refractivity contribution in [2.75, 3.05) is 13.2 Å². The van der Waals surface area contributed by atoms with E-state index in [0.29, 0.717) is 5.56 Å². The van der Waals surface area contributed by atoms with E-state index in [1.807, 2.05) is 0 Å². The van der Waals surface area contributed by atoms with E-state index in [2.05, 4.69) is 5.10 Å². The number of aryl methyl sites for hydroxylation is 1. The summed E-state index contributed by atoms with van der Waals surface area (Å²) in [5, 5.41) is 3.92. The molecular formula is C11H16N2O4. The van der Waals surface area contributed by atoms with E-state index in [-0.39, 0.29) is 13.2 Å². The molecule has 0 unspecified atom stereocenters. The van der Waals surface area contributed by atoms with Crippen LogP contribution in [0.5, 0.6) is 0 Å². The van der Waals surface area contributed by atoms with Crippen LogP contribution in [-0.2, 0) is 26.1 Å². The molecular weight excluding hydrogens is 224 g/mol. The number of aromatic nitrogens is 2. The third kappa shape index (κ3) is 3.30. The summed E-state index contributed by atoms with van der Waals surface area (Å²) < 4.78 is 11.2. The standard InChI is InChI=1S/C11H16N2O4/c1-4-16-10(14)9(11(15)17-5-2)8-6-12-13(3)7-8/h6-7,9H,4-5H2,1-3H3. The number of hydrogen-bond donors (Lipinski definition) is 0. The zero-order chi connectivity index (χ0) is 12.8. The molecule has 0 fully saturated rings. The normalized spacial score (nSPS) is 10.4. The first-order valence-electron chi connectivity index (χ1n) is 5.42. The van der Waals surface area contributed by atoms with E-state index in [4.69, 9.17) is 9.47 Å². The van der Waals surface area contributed by atoms with E-state index in [1.165, 1.54) is 10.9 Å². The van der Waals surface area contributed by atoms with Gasteiger partial charge in [0.2, 0.25) is 0 Å². The Kier molecular flexibility index (Phi) is 4.68. The van der Waals surface area contributed by atoms with Gasteiger partial charge in [-0.05, 0) is 13.8 Å². The minimum absolute atomic E-state index is 0.217. The van der Waals surface area contributed by atoms with Crippen molar-refractivity contribution in [3.8, 4) is 0 Å². The van der Waals surface area contributed by atoms with Crippen molar-refractivity contribution in [3.63, 3.8) is 0 Å². The van der Waals surface area contributed by atoms with Gasteiger partial charge in [0, 0.05) is 18.8 Å². The number of carbonyl (C=O) groups excluding carboxylic acids is 2. The van der Waals surface area contributed by atoms with Gasteiger partial charge < -0.3 is 9.47 Å². The Hall–Kier alpha value is -1.85. The van der Waals surface area contributed by atoms with E-state index in [0.717, 1.165) is 0 Å². The second kappa shape index (κ2) is 6.03. The molecule has 6 heteroatoms. The van der Waals surface area contributed by atoms with Gasteiger partial charge in [0.05, 0.1) is 19.4 Å². The average Bonchev–Trinajstić information content (AvgIpc) is 2.66. The van der Waals surface area contributed by atoms with Crippen molar-refractivity contribution in [1.29, 1.82) is 0 Å². The molecule has 0 N–H and O–H groups in total. The van der Waals surface area contributed by atoms with Crippen molar-refractivity contribution < 1.29 is 19.1 Å². The van der Waals surface area contributed by atoms with Gasteiger partial charge in [-0.2, -0.15) is 5.10 Å². The summed E-state index contributed by atoms with van der Waals surface area (Å²) in [5.74, 6) is -2.28. The van der Waals surface area contributed by atoms with Crippen molar-refractivity contribution in [1.82, 2.24) is 9.78 Å². The zero-order valence-corrected chi connectivity index (χ0v) is 10.2. The summed E-state index contributed by atoms with van der Waals surface area (Å²) in [5.41, 5.74) is 0.476. The van der Waals surface area contributed by atoms with Crippen LogP contribution in [-0.4, -0.2) is 34.9 Å². The maximum Gasteiger partial charge on any atom is 0.325 e. The molecule has 0 aliphatic carbocycles. The molecule has 0 aliphatic heterocycles. The summed E-state index contributed by atoms with van der Waals surface area (Å²) in [6.45, 7) is 3.80. The highest BCUT2D eigenvalue weighted by Gasteiger charge is 2.32. The Morgan fingerprint density at radius 2 is 1.82 bits per heavy atom. The highest BCUT2D eigenvalue weighted by Crippen LogP contribution is 2.18. The Balaban J connectivity index is 2.93. The average molecular weight is 240 g/mol. The summed E-state index contributed by atoms with van der Waals surface area (Å²) in [7, 11) is 1.71. The molecule has 6 nitrogen and oxygen atoms in total. The lowest BCUT2D eigenvalue weighted by atomic mass is 10.0. The van der Waals surface area contributed by atoms with Crippen LogP contribution in [0.3, 0.4) is 0 Å². The van der Waals surface area contributed by atoms with Gasteiger partial charge in [-0.1, -0.05) is 0 Å². The first-order valence-corrected chi connectivity index (χ1v) is 5.42. The lowest BCUT2D eigenvalue weighted by Crippen LogP contribution is -2.25. The number of carbonyl (C=O) groups is 2. The summed E-state index contributed by atoms with van der Waals surface area (Å²) in [4.78, 5) is 23.4. The molecule has 0 saturated heterocycles. The first kappa shape index (κ1) is 13.2. The molecule has 0 aliphatic rings. The molecule has 0 radical (unpaired) electrons. The van der Waals surface area contributed by atoms with E-state index < -0.39 is 17.9 Å². The van der Waals surface area contributed by atoms with Crippen LogP contribution in [0.1, 0.15) is 25.3 Å². The molecule has 1 aromatic heterocycles. The van der Waals surface area contributed by atoms with Crippen LogP contribution in [0.25, 0.3) is 0 Å². The molecule has 0 aromatic carbocycles. The molecule has 0 amide bonds. The van der Waals surface area contributed by atoms with Crippen LogP contribution in [0.2, 0.25) is 0 Å². The lowest BCUT2D eigenvalue weighted by molar-refractivity contribution is -0.156. The Labute approximate surface area is 99.5 Å². The topological polar surface area (TPSA) is 70.4 Å². The molecule has 94 valence electrons. The molecule has 1 aromatic rings. The summed E-state index contributed by atoms with van der Waals surface area (Å²) in [6.07, 6.45) is 3.05. The maximum absolute atomic E-state index is 11.7. The maximum atomic E-state index is 11.7. The number of esters is 2. The third-order valence-corrected chi connectivity index (χ3v) is 2.10. The van der Waals surface area contributed by atoms with Gasteiger partial charge >= 0.3 is 11.9 Å². The number of ether oxygens (including phenoxy) is 2. The fraction of sp³-hybridized carbons (Fsp3) is 0.545. The van der Waals surface area contributed by atoms with Crippen LogP contribution < -0.4 is 0 Å². The Morgan fingerprint density at radius 1 is 1.29 bits per heavy atom. The van der Waals surface area contributed by atoms with Gasteiger partial charge in [-0.3, -0.25) is 14.3 Å². The zero-order valence-electron chi connectivity index (χ0n) is 10.2. The Morgan fingerprint density at radius 3 is 2.18 bits per heavy atom. The van der Waals surface area contributed by atoms with Crippen molar-refractivity contribution in [3.05, 3.63) is 18.0 Å². The van der Waals surface area contributed by atoms with Crippen LogP contribution in [0, 0.1) is 0 Å². The highest BCUT2D eigenvalue weighted by molar-refractivity contribution is 6.00. The monoisotopic (exact) mass is 240 g/mol. The van der Waals surface area contributed by atoms with Gasteiger partial charge in [0.25, 0.3) is 0 Å². The van der Waals surface area contributed by atoms with Crippen LogP contribution >= 0.6 is 0 Å². The third-order valence-electron chi connectivity index (χ3n) is 2.10. The minimum Gasteiger partial charge on any atom is -0.465 e. The minimum atomic E-state index is -1.05. The van der Waals surface area contributed by atoms with E-state index >= 15 is 0 Å². The summed E-state index contributed by atoms with van der Waals surface area (Å²) >= 11 is 0. The fourth-order valence-corrected chi connectivity index (χ4v) is 1.41. The van der Waals surface area contributed by atoms with Crippen molar-refractivity contribution >= 4 is 11.9 Å². The van der Waals surface area contributed by atoms with Crippen LogP contribution in [0.4, 0.5) is 0 Å². The molecule has 1 rings (SSSR count). The summed E-state index contributed by atoms with van der Waals surface area (Å²) in [6, 6.07) is 0. The Bertz CT molecular complexity index is 382. The second-order valence-electron chi connectivity index (χ2n) is 3.38. The molecule has 0 saturated carbocycles. The SMILES string of the molecule is CCOC(=O)C(C(=O)OCC)c1cnn(C)c1. The van der Waals surface area contributed by atoms with Gasteiger partial charge in [0.15, 0.2) is 5.92 Å². The predicted molar refractivity (Wildman–Crippen MR) is 59.2 cm³/mol. The number of hydrogen-bond acceptors (Lipinski definition) is 5. The quantitative estimate of drug-likeness (QED) is 0.557. The smallest absolute Gasteiger partial charge is 0.325 e.